The maximum Gasteiger partial charge on any atom is 0.273 e. The van der Waals surface area contributed by atoms with Crippen molar-refractivity contribution in [2.75, 3.05) is 13.1 Å². The second-order valence-corrected chi connectivity index (χ2v) is 6.00. The molecule has 0 saturated carbocycles. The van der Waals surface area contributed by atoms with Crippen LogP contribution in [0.4, 0.5) is 0 Å². The van der Waals surface area contributed by atoms with E-state index in [1.54, 1.807) is 29.2 Å². The Bertz CT molecular complexity index is 860. The highest BCUT2D eigenvalue weighted by atomic mass is 16.2. The van der Waals surface area contributed by atoms with Crippen molar-refractivity contribution in [2.24, 2.45) is 5.92 Å². The Hall–Kier alpha value is -3.39. The summed E-state index contributed by atoms with van der Waals surface area (Å²) in [6, 6.07) is 9.09. The predicted octanol–water partition coefficient (Wildman–Crippen LogP) is 1.06. The molecule has 1 aliphatic rings. The smallest absolute Gasteiger partial charge is 0.273 e. The number of likely N-dealkylation sites (tertiary alicyclic amines) is 1. The molecular formula is C17H17N7O. The lowest BCUT2D eigenvalue weighted by atomic mass is 10.0. The normalized spacial score (nSPS) is 19.2. The number of benzene rings is 1. The molecule has 0 radical (unpaired) electrons. The van der Waals surface area contributed by atoms with Crippen molar-refractivity contribution in [3.63, 3.8) is 0 Å². The molecule has 2 heterocycles. The van der Waals surface area contributed by atoms with Crippen LogP contribution in [0.5, 0.6) is 0 Å². The lowest BCUT2D eigenvalue weighted by Crippen LogP contribution is -2.35. The highest BCUT2D eigenvalue weighted by molar-refractivity contribution is 5.91. The van der Waals surface area contributed by atoms with E-state index in [1.807, 2.05) is 6.92 Å². The van der Waals surface area contributed by atoms with Gasteiger partial charge >= 0.3 is 0 Å². The molecule has 1 saturated heterocycles. The number of nitrogens with zero attached hydrogens (tertiary/aromatic N) is 6. The number of amides is 1. The van der Waals surface area contributed by atoms with Crippen molar-refractivity contribution in [3.8, 4) is 17.9 Å². The van der Waals surface area contributed by atoms with E-state index in [1.165, 1.54) is 10.9 Å². The summed E-state index contributed by atoms with van der Waals surface area (Å²) < 4.78 is 1.46. The Kier molecular flexibility index (Phi) is 4.62. The van der Waals surface area contributed by atoms with Gasteiger partial charge in [0, 0.05) is 19.1 Å². The van der Waals surface area contributed by atoms with Gasteiger partial charge in [-0.15, -0.1) is 5.10 Å². The van der Waals surface area contributed by atoms with Crippen LogP contribution in [0, 0.1) is 28.7 Å². The first-order valence-electron chi connectivity index (χ1n) is 8.00. The number of nitrogens with one attached hydrogen (secondary N) is 1. The maximum atomic E-state index is 12.3. The van der Waals surface area contributed by atoms with E-state index in [-0.39, 0.29) is 23.6 Å². The number of hydrogen-bond acceptors (Lipinski definition) is 6. The molecule has 126 valence electrons. The van der Waals surface area contributed by atoms with E-state index in [0.29, 0.717) is 17.8 Å². The average molecular weight is 335 g/mol. The van der Waals surface area contributed by atoms with Crippen LogP contribution in [0.15, 0.2) is 30.5 Å². The Balaban J connectivity index is 1.63. The van der Waals surface area contributed by atoms with E-state index in [9.17, 15) is 4.79 Å². The van der Waals surface area contributed by atoms with Crippen molar-refractivity contribution >= 4 is 5.91 Å². The van der Waals surface area contributed by atoms with Gasteiger partial charge in [-0.1, -0.05) is 11.3 Å². The first kappa shape index (κ1) is 16.5. The fourth-order valence-corrected chi connectivity index (χ4v) is 2.94. The highest BCUT2D eigenvalue weighted by Gasteiger charge is 2.30. The summed E-state index contributed by atoms with van der Waals surface area (Å²) in [6.07, 6.45) is 4.58. The van der Waals surface area contributed by atoms with Crippen LogP contribution in [0.2, 0.25) is 0 Å². The maximum absolute atomic E-state index is 12.3. The van der Waals surface area contributed by atoms with Crippen LogP contribution in [-0.4, -0.2) is 44.9 Å². The van der Waals surface area contributed by atoms with Crippen molar-refractivity contribution < 1.29 is 4.79 Å². The molecule has 3 rings (SSSR count). The number of carbonyl (C=O) groups is 1. The minimum atomic E-state index is -0.301. The topological polar surface area (TPSA) is 111 Å². The number of hydrogen-bond donors (Lipinski definition) is 1. The SMILES string of the molecule is C[C@@H]1[C@@H](CNC(=O)c2cn(-c3cccc(C#N)c3)nn2)CCN1C#N. The summed E-state index contributed by atoms with van der Waals surface area (Å²) in [5, 5.41) is 28.7. The Labute approximate surface area is 145 Å². The average Bonchev–Trinajstić information content (AvgIpc) is 3.27. The standard InChI is InChI=1S/C17H17N7O/c1-12-14(5-6-23(12)11-19)9-20-17(25)16-10-24(22-21-16)15-4-2-3-13(7-15)8-18/h2-4,7,10,12,14H,5-6,9H2,1H3,(H,20,25)/t12-,14-/m1/s1. The van der Waals surface area contributed by atoms with E-state index >= 15 is 0 Å². The second kappa shape index (κ2) is 7.02. The Morgan fingerprint density at radius 1 is 1.44 bits per heavy atom. The van der Waals surface area contributed by atoms with E-state index in [4.69, 9.17) is 10.5 Å². The third-order valence-corrected chi connectivity index (χ3v) is 4.53. The van der Waals surface area contributed by atoms with Gasteiger partial charge in [0.2, 0.25) is 0 Å². The van der Waals surface area contributed by atoms with Gasteiger partial charge in [0.15, 0.2) is 11.9 Å². The number of rotatable bonds is 4. The fourth-order valence-electron chi connectivity index (χ4n) is 2.94. The molecule has 0 spiro atoms. The summed E-state index contributed by atoms with van der Waals surface area (Å²) in [5.74, 6) is -0.0590. The van der Waals surface area contributed by atoms with Crippen LogP contribution in [0.1, 0.15) is 29.4 Å². The minimum absolute atomic E-state index is 0.120. The molecule has 2 atom stereocenters. The molecule has 1 N–H and O–H groups in total. The molecule has 1 aliphatic heterocycles. The van der Waals surface area contributed by atoms with E-state index in [0.717, 1.165) is 13.0 Å². The molecule has 8 heteroatoms. The molecule has 0 unspecified atom stereocenters. The third-order valence-electron chi connectivity index (χ3n) is 4.53. The zero-order chi connectivity index (χ0) is 17.8. The Morgan fingerprint density at radius 3 is 3.00 bits per heavy atom. The molecule has 1 fully saturated rings. The number of aromatic nitrogens is 3. The van der Waals surface area contributed by atoms with Crippen LogP contribution in [0.3, 0.4) is 0 Å². The van der Waals surface area contributed by atoms with Gasteiger partial charge in [0.25, 0.3) is 5.91 Å². The third kappa shape index (κ3) is 3.43. The van der Waals surface area contributed by atoms with Crippen molar-refractivity contribution in [2.45, 2.75) is 19.4 Å². The van der Waals surface area contributed by atoms with Crippen LogP contribution >= 0.6 is 0 Å². The van der Waals surface area contributed by atoms with Crippen LogP contribution < -0.4 is 5.32 Å². The van der Waals surface area contributed by atoms with Crippen molar-refractivity contribution in [1.82, 2.24) is 25.2 Å². The quantitative estimate of drug-likeness (QED) is 0.836. The van der Waals surface area contributed by atoms with Crippen molar-refractivity contribution in [1.29, 1.82) is 10.5 Å². The molecule has 8 nitrogen and oxygen atoms in total. The number of carbonyl (C=O) groups excluding carboxylic acids is 1. The molecule has 1 amide bonds. The van der Waals surface area contributed by atoms with Gasteiger partial charge in [0.05, 0.1) is 23.5 Å². The molecule has 25 heavy (non-hydrogen) atoms. The number of nitriles is 2. The molecule has 0 aliphatic carbocycles. The summed E-state index contributed by atoms with van der Waals surface area (Å²) >= 11 is 0. The van der Waals surface area contributed by atoms with Gasteiger partial charge in [-0.05, 0) is 37.5 Å². The monoisotopic (exact) mass is 335 g/mol. The summed E-state index contributed by atoms with van der Waals surface area (Å²) in [4.78, 5) is 14.0. The lowest BCUT2D eigenvalue weighted by Gasteiger charge is -2.19. The van der Waals surface area contributed by atoms with E-state index in [2.05, 4.69) is 27.9 Å². The van der Waals surface area contributed by atoms with Gasteiger partial charge < -0.3 is 10.2 Å². The molecule has 2 aromatic rings. The minimum Gasteiger partial charge on any atom is -0.350 e. The van der Waals surface area contributed by atoms with Crippen molar-refractivity contribution in [3.05, 3.63) is 41.7 Å². The highest BCUT2D eigenvalue weighted by Crippen LogP contribution is 2.22. The summed E-state index contributed by atoms with van der Waals surface area (Å²) in [7, 11) is 0. The molecular weight excluding hydrogens is 318 g/mol. The molecule has 0 bridgehead atoms. The van der Waals surface area contributed by atoms with Crippen LogP contribution in [0.25, 0.3) is 5.69 Å². The van der Waals surface area contributed by atoms with E-state index < -0.39 is 0 Å². The first-order chi connectivity index (χ1) is 12.1. The molecule has 1 aromatic heterocycles. The Morgan fingerprint density at radius 2 is 2.28 bits per heavy atom. The van der Waals surface area contributed by atoms with Gasteiger partial charge in [-0.3, -0.25) is 4.79 Å². The van der Waals surface area contributed by atoms with Gasteiger partial charge in [-0.25, -0.2) is 4.68 Å². The zero-order valence-electron chi connectivity index (χ0n) is 13.8. The van der Waals surface area contributed by atoms with Crippen LogP contribution in [-0.2, 0) is 0 Å². The predicted molar refractivity (Wildman–Crippen MR) is 88.3 cm³/mol. The molecule has 1 aromatic carbocycles. The summed E-state index contributed by atoms with van der Waals surface area (Å²) in [6.45, 7) is 3.21. The summed E-state index contributed by atoms with van der Waals surface area (Å²) in [5.41, 5.74) is 1.39. The first-order valence-corrected chi connectivity index (χ1v) is 8.00. The second-order valence-electron chi connectivity index (χ2n) is 6.00. The lowest BCUT2D eigenvalue weighted by molar-refractivity contribution is 0.0940. The largest absolute Gasteiger partial charge is 0.350 e. The zero-order valence-corrected chi connectivity index (χ0v) is 13.8. The fraction of sp³-hybridized carbons (Fsp3) is 0.353. The van der Waals surface area contributed by atoms with Gasteiger partial charge in [0.1, 0.15) is 0 Å². The van der Waals surface area contributed by atoms with Gasteiger partial charge in [-0.2, -0.15) is 10.5 Å².